The van der Waals surface area contributed by atoms with Crippen LogP contribution in [0.3, 0.4) is 0 Å². The number of thiophene rings is 1. The lowest BCUT2D eigenvalue weighted by Gasteiger charge is -2.03. The van der Waals surface area contributed by atoms with Crippen LogP contribution >= 0.6 is 43.2 Å². The van der Waals surface area contributed by atoms with E-state index in [4.69, 9.17) is 9.15 Å². The summed E-state index contributed by atoms with van der Waals surface area (Å²) in [6.07, 6.45) is 0. The molecule has 0 N–H and O–H groups in total. The van der Waals surface area contributed by atoms with Gasteiger partial charge in [0, 0.05) is 4.47 Å². The third-order valence-corrected chi connectivity index (χ3v) is 4.83. The number of esters is 1. The fourth-order valence-electron chi connectivity index (χ4n) is 1.70. The molecule has 0 aliphatic heterocycles. The van der Waals surface area contributed by atoms with E-state index in [1.165, 1.54) is 23.5 Å². The zero-order chi connectivity index (χ0) is 16.4. The molecule has 1 aromatic carbocycles. The smallest absolute Gasteiger partial charge is 0.341 e. The Hall–Kier alpha value is -1.58. The Labute approximate surface area is 150 Å². The SMILES string of the molecule is O=C(OCc1nnc(-c2ccc(Br)s2)o1)c1ccc(Br)cc1F. The summed E-state index contributed by atoms with van der Waals surface area (Å²) in [5.41, 5.74) is -0.157. The molecule has 0 amide bonds. The Kier molecular flexibility index (Phi) is 4.88. The first-order chi connectivity index (χ1) is 11.0. The van der Waals surface area contributed by atoms with E-state index < -0.39 is 11.8 Å². The Morgan fingerprint density at radius 1 is 1.26 bits per heavy atom. The van der Waals surface area contributed by atoms with Crippen molar-refractivity contribution in [2.75, 3.05) is 0 Å². The summed E-state index contributed by atoms with van der Waals surface area (Å²) in [6, 6.07) is 7.77. The van der Waals surface area contributed by atoms with Gasteiger partial charge in [0.15, 0.2) is 6.61 Å². The van der Waals surface area contributed by atoms with Crippen molar-refractivity contribution in [3.63, 3.8) is 0 Å². The van der Waals surface area contributed by atoms with E-state index in [0.29, 0.717) is 10.4 Å². The molecule has 0 aliphatic rings. The fraction of sp³-hybridized carbons (Fsp3) is 0.0714. The molecule has 3 aromatic rings. The summed E-state index contributed by atoms with van der Waals surface area (Å²) < 4.78 is 25.5. The van der Waals surface area contributed by atoms with E-state index in [1.807, 2.05) is 12.1 Å². The zero-order valence-corrected chi connectivity index (χ0v) is 15.2. The Morgan fingerprint density at radius 3 is 2.78 bits per heavy atom. The Bertz CT molecular complexity index is 865. The second-order valence-electron chi connectivity index (χ2n) is 4.31. The summed E-state index contributed by atoms with van der Waals surface area (Å²) >= 11 is 7.90. The maximum Gasteiger partial charge on any atom is 0.341 e. The molecule has 0 radical (unpaired) electrons. The van der Waals surface area contributed by atoms with Gasteiger partial charge < -0.3 is 9.15 Å². The van der Waals surface area contributed by atoms with Crippen LogP contribution in [0.1, 0.15) is 16.2 Å². The average Bonchev–Trinajstić information content (AvgIpc) is 3.13. The van der Waals surface area contributed by atoms with Gasteiger partial charge in [0.1, 0.15) is 5.82 Å². The number of ether oxygens (including phenoxy) is 1. The van der Waals surface area contributed by atoms with Gasteiger partial charge in [-0.3, -0.25) is 0 Å². The molecule has 0 saturated heterocycles. The molecule has 9 heteroatoms. The summed E-state index contributed by atoms with van der Waals surface area (Å²) in [7, 11) is 0. The Balaban J connectivity index is 1.66. The van der Waals surface area contributed by atoms with Gasteiger partial charge in [-0.15, -0.1) is 21.5 Å². The molecule has 0 aliphatic carbocycles. The van der Waals surface area contributed by atoms with Crippen molar-refractivity contribution in [1.82, 2.24) is 10.2 Å². The van der Waals surface area contributed by atoms with Crippen molar-refractivity contribution >= 4 is 49.2 Å². The van der Waals surface area contributed by atoms with Crippen LogP contribution < -0.4 is 0 Å². The minimum Gasteiger partial charge on any atom is -0.452 e. The quantitative estimate of drug-likeness (QED) is 0.521. The lowest BCUT2D eigenvalue weighted by Crippen LogP contribution is -2.07. The highest BCUT2D eigenvalue weighted by atomic mass is 79.9. The molecule has 5 nitrogen and oxygen atoms in total. The summed E-state index contributed by atoms with van der Waals surface area (Å²) in [5.74, 6) is -0.996. The maximum atomic E-state index is 13.7. The lowest BCUT2D eigenvalue weighted by atomic mass is 10.2. The molecular weight excluding hydrogens is 455 g/mol. The van der Waals surface area contributed by atoms with Crippen molar-refractivity contribution in [2.24, 2.45) is 0 Å². The highest BCUT2D eigenvalue weighted by Crippen LogP contribution is 2.30. The highest BCUT2D eigenvalue weighted by Gasteiger charge is 2.16. The lowest BCUT2D eigenvalue weighted by molar-refractivity contribution is 0.0433. The van der Waals surface area contributed by atoms with Crippen LogP contribution in [0.4, 0.5) is 4.39 Å². The van der Waals surface area contributed by atoms with E-state index in [0.717, 1.165) is 8.66 Å². The standard InChI is InChI=1S/C14H7Br2FN2O3S/c15-7-1-2-8(9(17)5-7)14(20)21-6-12-18-19-13(22-12)10-3-4-11(16)23-10/h1-5H,6H2. The number of hydrogen-bond donors (Lipinski definition) is 0. The largest absolute Gasteiger partial charge is 0.452 e. The second-order valence-corrected chi connectivity index (χ2v) is 7.68. The van der Waals surface area contributed by atoms with Crippen LogP contribution in [0.15, 0.2) is 43.0 Å². The molecule has 0 bridgehead atoms. The van der Waals surface area contributed by atoms with Crippen molar-refractivity contribution in [2.45, 2.75) is 6.61 Å². The molecular formula is C14H7Br2FN2O3S. The normalized spacial score (nSPS) is 10.7. The van der Waals surface area contributed by atoms with Crippen LogP contribution in [0.5, 0.6) is 0 Å². The van der Waals surface area contributed by atoms with E-state index in [9.17, 15) is 9.18 Å². The van der Waals surface area contributed by atoms with Gasteiger partial charge in [-0.1, -0.05) is 15.9 Å². The van der Waals surface area contributed by atoms with E-state index >= 15 is 0 Å². The third-order valence-electron chi connectivity index (χ3n) is 2.73. The summed E-state index contributed by atoms with van der Waals surface area (Å²) in [4.78, 5) is 12.7. The predicted molar refractivity (Wildman–Crippen MR) is 88.5 cm³/mol. The molecule has 0 spiro atoms. The summed E-state index contributed by atoms with van der Waals surface area (Å²) in [6.45, 7) is -0.228. The minimum absolute atomic E-state index is 0.135. The van der Waals surface area contributed by atoms with E-state index in [2.05, 4.69) is 42.1 Å². The van der Waals surface area contributed by atoms with Crippen LogP contribution in [0.2, 0.25) is 0 Å². The second kappa shape index (κ2) is 6.90. The number of carbonyl (C=O) groups is 1. The van der Waals surface area contributed by atoms with Crippen molar-refractivity contribution < 1.29 is 18.3 Å². The minimum atomic E-state index is -0.798. The topological polar surface area (TPSA) is 65.2 Å². The molecule has 0 atom stereocenters. The van der Waals surface area contributed by atoms with Gasteiger partial charge in [-0.2, -0.15) is 0 Å². The van der Waals surface area contributed by atoms with Gasteiger partial charge >= 0.3 is 5.97 Å². The average molecular weight is 462 g/mol. The number of halogens is 3. The van der Waals surface area contributed by atoms with E-state index in [1.54, 1.807) is 6.07 Å². The maximum absolute atomic E-state index is 13.7. The molecule has 3 rings (SSSR count). The number of benzene rings is 1. The first-order valence-electron chi connectivity index (χ1n) is 6.23. The first kappa shape index (κ1) is 16.3. The first-order valence-corrected chi connectivity index (χ1v) is 8.63. The molecule has 0 fully saturated rings. The number of nitrogens with zero attached hydrogens (tertiary/aromatic N) is 2. The van der Waals surface area contributed by atoms with Gasteiger partial charge in [-0.25, -0.2) is 9.18 Å². The van der Waals surface area contributed by atoms with Gasteiger partial charge in [-0.05, 0) is 46.3 Å². The molecule has 23 heavy (non-hydrogen) atoms. The van der Waals surface area contributed by atoms with Gasteiger partial charge in [0.2, 0.25) is 0 Å². The predicted octanol–water partition coefficient (Wildman–Crippen LogP) is 4.82. The number of hydrogen-bond acceptors (Lipinski definition) is 6. The molecule has 2 heterocycles. The van der Waals surface area contributed by atoms with Crippen LogP contribution in [0.25, 0.3) is 10.8 Å². The molecule has 118 valence electrons. The fourth-order valence-corrected chi connectivity index (χ4v) is 3.34. The van der Waals surface area contributed by atoms with E-state index in [-0.39, 0.29) is 18.1 Å². The third kappa shape index (κ3) is 3.85. The van der Waals surface area contributed by atoms with Crippen LogP contribution in [0, 0.1) is 5.82 Å². The zero-order valence-electron chi connectivity index (χ0n) is 11.3. The number of carbonyl (C=O) groups excluding carboxylic acids is 1. The monoisotopic (exact) mass is 460 g/mol. The number of aromatic nitrogens is 2. The van der Waals surface area contributed by atoms with Crippen molar-refractivity contribution in [1.29, 1.82) is 0 Å². The molecule has 2 aromatic heterocycles. The van der Waals surface area contributed by atoms with Crippen LogP contribution in [-0.2, 0) is 11.3 Å². The van der Waals surface area contributed by atoms with Gasteiger partial charge in [0.05, 0.1) is 14.2 Å². The number of rotatable bonds is 4. The molecule has 0 unspecified atom stereocenters. The summed E-state index contributed by atoms with van der Waals surface area (Å²) in [5, 5.41) is 7.68. The molecule has 0 saturated carbocycles. The van der Waals surface area contributed by atoms with Gasteiger partial charge in [0.25, 0.3) is 11.8 Å². The van der Waals surface area contributed by atoms with Crippen molar-refractivity contribution in [3.05, 3.63) is 55.9 Å². The van der Waals surface area contributed by atoms with Crippen LogP contribution in [-0.4, -0.2) is 16.2 Å². The van der Waals surface area contributed by atoms with Crippen molar-refractivity contribution in [3.8, 4) is 10.8 Å². The Morgan fingerprint density at radius 2 is 2.09 bits per heavy atom. The highest BCUT2D eigenvalue weighted by molar-refractivity contribution is 9.11.